The summed E-state index contributed by atoms with van der Waals surface area (Å²) in [4.78, 5) is 12.4. The highest BCUT2D eigenvalue weighted by atomic mass is 35.5. The molecular formula is C17H18ClNO. The number of benzene rings is 2. The topological polar surface area (TPSA) is 43.1 Å². The minimum absolute atomic E-state index is 0.0487. The van der Waals surface area contributed by atoms with Crippen LogP contribution in [0.1, 0.15) is 42.3 Å². The molecule has 0 aliphatic carbocycles. The van der Waals surface area contributed by atoms with E-state index < -0.39 is 0 Å². The van der Waals surface area contributed by atoms with E-state index in [0.29, 0.717) is 21.8 Å². The maximum atomic E-state index is 12.4. The lowest BCUT2D eigenvalue weighted by atomic mass is 9.86. The number of carbonyl (C=O) groups is 1. The molecule has 0 aliphatic rings. The average molecular weight is 288 g/mol. The molecule has 0 radical (unpaired) electrons. The van der Waals surface area contributed by atoms with Crippen LogP contribution < -0.4 is 5.73 Å². The molecule has 2 rings (SSSR count). The number of nitrogens with two attached hydrogens (primary N) is 1. The molecule has 104 valence electrons. The number of ketones is 1. The van der Waals surface area contributed by atoms with E-state index in [1.54, 1.807) is 18.2 Å². The third-order valence-electron chi connectivity index (χ3n) is 3.28. The summed E-state index contributed by atoms with van der Waals surface area (Å²) in [5.74, 6) is -0.0487. The molecule has 0 bridgehead atoms. The predicted molar refractivity (Wildman–Crippen MR) is 84.4 cm³/mol. The Morgan fingerprint density at radius 1 is 1.00 bits per heavy atom. The minimum Gasteiger partial charge on any atom is -0.398 e. The fourth-order valence-corrected chi connectivity index (χ4v) is 2.14. The monoisotopic (exact) mass is 287 g/mol. The Hall–Kier alpha value is -1.80. The minimum atomic E-state index is -0.0487. The third kappa shape index (κ3) is 3.02. The van der Waals surface area contributed by atoms with E-state index >= 15 is 0 Å². The van der Waals surface area contributed by atoms with Gasteiger partial charge in [0.1, 0.15) is 0 Å². The summed E-state index contributed by atoms with van der Waals surface area (Å²) in [5.41, 5.74) is 8.60. The van der Waals surface area contributed by atoms with Gasteiger partial charge >= 0.3 is 0 Å². The van der Waals surface area contributed by atoms with Crippen LogP contribution in [0.15, 0.2) is 42.5 Å². The lowest BCUT2D eigenvalue weighted by Crippen LogP contribution is -2.11. The van der Waals surface area contributed by atoms with Crippen molar-refractivity contribution in [3.8, 4) is 0 Å². The molecule has 20 heavy (non-hydrogen) atoms. The molecule has 0 saturated carbocycles. The van der Waals surface area contributed by atoms with Crippen LogP contribution in [-0.2, 0) is 5.41 Å². The highest BCUT2D eigenvalue weighted by Crippen LogP contribution is 2.24. The standard InChI is InChI=1S/C17H18ClNO/c1-17(2,3)13-7-4-11(5-8-13)16(20)12-6-9-15(19)14(18)10-12/h4-10H,19H2,1-3H3. The van der Waals surface area contributed by atoms with Gasteiger partial charge in [-0.15, -0.1) is 0 Å². The van der Waals surface area contributed by atoms with Crippen molar-refractivity contribution in [3.63, 3.8) is 0 Å². The fourth-order valence-electron chi connectivity index (χ4n) is 1.96. The van der Waals surface area contributed by atoms with Crippen LogP contribution >= 0.6 is 11.6 Å². The van der Waals surface area contributed by atoms with Crippen LogP contribution in [0.4, 0.5) is 5.69 Å². The summed E-state index contributed by atoms with van der Waals surface area (Å²) in [6.07, 6.45) is 0. The van der Waals surface area contributed by atoms with Gasteiger partial charge in [0.25, 0.3) is 0 Å². The molecule has 0 amide bonds. The van der Waals surface area contributed by atoms with Crippen molar-refractivity contribution < 1.29 is 4.79 Å². The predicted octanol–water partition coefficient (Wildman–Crippen LogP) is 4.45. The van der Waals surface area contributed by atoms with E-state index in [1.165, 1.54) is 5.56 Å². The second kappa shape index (κ2) is 5.29. The van der Waals surface area contributed by atoms with Gasteiger partial charge in [-0.1, -0.05) is 56.6 Å². The van der Waals surface area contributed by atoms with E-state index in [1.807, 2.05) is 24.3 Å². The molecular weight excluding hydrogens is 270 g/mol. The van der Waals surface area contributed by atoms with Gasteiger partial charge in [0.05, 0.1) is 10.7 Å². The van der Waals surface area contributed by atoms with Crippen molar-refractivity contribution in [1.82, 2.24) is 0 Å². The van der Waals surface area contributed by atoms with Gasteiger partial charge < -0.3 is 5.73 Å². The number of halogens is 1. The number of carbonyl (C=O) groups excluding carboxylic acids is 1. The molecule has 2 aromatic carbocycles. The second-order valence-electron chi connectivity index (χ2n) is 5.89. The Balaban J connectivity index is 2.31. The SMILES string of the molecule is CC(C)(C)c1ccc(C(=O)c2ccc(N)c(Cl)c2)cc1. The smallest absolute Gasteiger partial charge is 0.193 e. The molecule has 0 atom stereocenters. The van der Waals surface area contributed by atoms with Gasteiger partial charge in [0, 0.05) is 11.1 Å². The van der Waals surface area contributed by atoms with Gasteiger partial charge in [0.2, 0.25) is 0 Å². The first-order valence-electron chi connectivity index (χ1n) is 6.49. The number of hydrogen-bond acceptors (Lipinski definition) is 2. The quantitative estimate of drug-likeness (QED) is 0.655. The number of anilines is 1. The maximum absolute atomic E-state index is 12.4. The van der Waals surface area contributed by atoms with E-state index in [4.69, 9.17) is 17.3 Å². The van der Waals surface area contributed by atoms with Crippen molar-refractivity contribution in [3.05, 3.63) is 64.2 Å². The summed E-state index contributed by atoms with van der Waals surface area (Å²) in [5, 5.41) is 0.405. The summed E-state index contributed by atoms with van der Waals surface area (Å²) >= 11 is 5.95. The van der Waals surface area contributed by atoms with Gasteiger partial charge in [-0.05, 0) is 29.2 Å². The Labute approximate surface area is 124 Å². The Bertz CT molecular complexity index is 639. The van der Waals surface area contributed by atoms with Crippen molar-refractivity contribution in [1.29, 1.82) is 0 Å². The molecule has 2 N–H and O–H groups in total. The number of hydrogen-bond donors (Lipinski definition) is 1. The van der Waals surface area contributed by atoms with Crippen LogP contribution in [0.25, 0.3) is 0 Å². The lowest BCUT2D eigenvalue weighted by molar-refractivity contribution is 0.103. The Kier molecular flexibility index (Phi) is 3.87. The van der Waals surface area contributed by atoms with Gasteiger partial charge in [0.15, 0.2) is 5.78 Å². The summed E-state index contributed by atoms with van der Waals surface area (Å²) in [7, 11) is 0. The zero-order valence-electron chi connectivity index (χ0n) is 11.9. The maximum Gasteiger partial charge on any atom is 0.193 e. The molecule has 0 spiro atoms. The summed E-state index contributed by atoms with van der Waals surface area (Å²) < 4.78 is 0. The molecule has 0 fully saturated rings. The third-order valence-corrected chi connectivity index (χ3v) is 3.60. The highest BCUT2D eigenvalue weighted by molar-refractivity contribution is 6.33. The zero-order chi connectivity index (χ0) is 14.9. The van der Waals surface area contributed by atoms with Crippen molar-refractivity contribution in [2.45, 2.75) is 26.2 Å². The van der Waals surface area contributed by atoms with Crippen molar-refractivity contribution in [2.24, 2.45) is 0 Å². The molecule has 3 heteroatoms. The second-order valence-corrected chi connectivity index (χ2v) is 6.30. The van der Waals surface area contributed by atoms with Crippen LogP contribution in [0.3, 0.4) is 0 Å². The molecule has 0 aromatic heterocycles. The average Bonchev–Trinajstić information content (AvgIpc) is 2.40. The largest absolute Gasteiger partial charge is 0.398 e. The van der Waals surface area contributed by atoms with Crippen LogP contribution in [0.2, 0.25) is 5.02 Å². The Morgan fingerprint density at radius 2 is 1.55 bits per heavy atom. The van der Waals surface area contributed by atoms with Crippen LogP contribution in [0.5, 0.6) is 0 Å². The van der Waals surface area contributed by atoms with Crippen LogP contribution in [-0.4, -0.2) is 5.78 Å². The van der Waals surface area contributed by atoms with E-state index in [0.717, 1.165) is 0 Å². The molecule has 2 nitrogen and oxygen atoms in total. The number of rotatable bonds is 2. The summed E-state index contributed by atoms with van der Waals surface area (Å²) in [6, 6.07) is 12.6. The van der Waals surface area contributed by atoms with E-state index in [-0.39, 0.29) is 11.2 Å². The molecule has 0 saturated heterocycles. The fraction of sp³-hybridized carbons (Fsp3) is 0.235. The Morgan fingerprint density at radius 3 is 2.05 bits per heavy atom. The summed E-state index contributed by atoms with van der Waals surface area (Å²) in [6.45, 7) is 6.43. The van der Waals surface area contributed by atoms with E-state index in [2.05, 4.69) is 20.8 Å². The molecule has 0 unspecified atom stereocenters. The first-order chi connectivity index (χ1) is 9.29. The van der Waals surface area contributed by atoms with Crippen molar-refractivity contribution in [2.75, 3.05) is 5.73 Å². The molecule has 2 aromatic rings. The highest BCUT2D eigenvalue weighted by Gasteiger charge is 2.15. The molecule has 0 heterocycles. The van der Waals surface area contributed by atoms with Gasteiger partial charge in [-0.25, -0.2) is 0 Å². The first kappa shape index (κ1) is 14.6. The first-order valence-corrected chi connectivity index (χ1v) is 6.87. The van der Waals surface area contributed by atoms with E-state index in [9.17, 15) is 4.79 Å². The van der Waals surface area contributed by atoms with Crippen LogP contribution in [0, 0.1) is 0 Å². The van der Waals surface area contributed by atoms with Crippen molar-refractivity contribution >= 4 is 23.1 Å². The number of nitrogen functional groups attached to an aromatic ring is 1. The molecule has 0 aliphatic heterocycles. The van der Waals surface area contributed by atoms with Gasteiger partial charge in [-0.3, -0.25) is 4.79 Å². The van der Waals surface area contributed by atoms with Gasteiger partial charge in [-0.2, -0.15) is 0 Å². The zero-order valence-corrected chi connectivity index (χ0v) is 12.7. The lowest BCUT2D eigenvalue weighted by Gasteiger charge is -2.19. The normalized spacial score (nSPS) is 11.4.